The Labute approximate surface area is 112 Å². The van der Waals surface area contributed by atoms with E-state index in [1.165, 1.54) is 0 Å². The van der Waals surface area contributed by atoms with E-state index in [0.29, 0.717) is 31.6 Å². The van der Waals surface area contributed by atoms with Crippen molar-refractivity contribution in [2.45, 2.75) is 26.7 Å². The minimum Gasteiger partial charge on any atom is -0.481 e. The summed E-state index contributed by atoms with van der Waals surface area (Å²) in [6, 6.07) is 3.69. The fraction of sp³-hybridized carbons (Fsp3) is 0.571. The first-order valence-electron chi connectivity index (χ1n) is 6.56. The lowest BCUT2D eigenvalue weighted by atomic mass is 9.84. The highest BCUT2D eigenvalue weighted by Crippen LogP contribution is 2.34. The van der Waals surface area contributed by atoms with Crippen molar-refractivity contribution in [3.63, 3.8) is 0 Å². The maximum absolute atomic E-state index is 12.4. The molecule has 0 aromatic carbocycles. The summed E-state index contributed by atoms with van der Waals surface area (Å²) in [5, 5.41) is 9.35. The molecule has 1 aromatic rings. The third-order valence-electron chi connectivity index (χ3n) is 4.36. The molecule has 1 N–H and O–H groups in total. The lowest BCUT2D eigenvalue weighted by Crippen LogP contribution is -2.37. The van der Waals surface area contributed by atoms with Crippen LogP contribution in [-0.2, 0) is 11.8 Å². The van der Waals surface area contributed by atoms with E-state index in [0.717, 1.165) is 5.69 Å². The number of nitrogens with zero attached hydrogens (tertiary/aromatic N) is 2. The highest BCUT2D eigenvalue weighted by atomic mass is 16.4. The third kappa shape index (κ3) is 2.13. The van der Waals surface area contributed by atoms with Gasteiger partial charge in [0.25, 0.3) is 5.91 Å². The molecule has 104 valence electrons. The van der Waals surface area contributed by atoms with Crippen LogP contribution in [0.5, 0.6) is 0 Å². The Bertz CT molecular complexity index is 521. The van der Waals surface area contributed by atoms with Crippen molar-refractivity contribution in [3.8, 4) is 0 Å². The summed E-state index contributed by atoms with van der Waals surface area (Å²) in [6.45, 7) is 4.63. The summed E-state index contributed by atoms with van der Waals surface area (Å²) in [4.78, 5) is 25.5. The molecule has 2 rings (SSSR count). The highest BCUT2D eigenvalue weighted by molar-refractivity contribution is 5.93. The maximum Gasteiger partial charge on any atom is 0.311 e. The molecule has 1 aliphatic rings. The Kier molecular flexibility index (Phi) is 3.39. The number of rotatable bonds is 3. The van der Waals surface area contributed by atoms with Crippen molar-refractivity contribution in [2.75, 3.05) is 13.1 Å². The average Bonchev–Trinajstić information content (AvgIpc) is 2.95. The summed E-state index contributed by atoms with van der Waals surface area (Å²) in [6.07, 6.45) is 1.09. The average molecular weight is 264 g/mol. The molecule has 5 nitrogen and oxygen atoms in total. The molecule has 1 atom stereocenters. The molecule has 1 aromatic heterocycles. The van der Waals surface area contributed by atoms with Crippen LogP contribution < -0.4 is 0 Å². The number of hydrogen-bond donors (Lipinski definition) is 1. The van der Waals surface area contributed by atoms with Gasteiger partial charge >= 0.3 is 5.97 Å². The number of carbonyl (C=O) groups excluding carboxylic acids is 1. The minimum atomic E-state index is -0.798. The Morgan fingerprint density at radius 3 is 2.53 bits per heavy atom. The van der Waals surface area contributed by atoms with Crippen LogP contribution in [0.1, 0.15) is 35.9 Å². The van der Waals surface area contributed by atoms with E-state index in [4.69, 9.17) is 0 Å². The molecule has 1 aliphatic heterocycles. The molecule has 1 amide bonds. The number of amides is 1. The van der Waals surface area contributed by atoms with Gasteiger partial charge in [0.15, 0.2) is 0 Å². The summed E-state index contributed by atoms with van der Waals surface area (Å²) < 4.78 is 1.84. The van der Waals surface area contributed by atoms with Gasteiger partial charge < -0.3 is 14.6 Å². The predicted octanol–water partition coefficient (Wildman–Crippen LogP) is 1.66. The second-order valence-corrected chi connectivity index (χ2v) is 5.33. The number of likely N-dealkylation sites (tertiary alicyclic amines) is 1. The molecule has 19 heavy (non-hydrogen) atoms. The molecule has 5 heteroatoms. The number of aliphatic carboxylic acids is 1. The Morgan fingerprint density at radius 1 is 1.42 bits per heavy atom. The second-order valence-electron chi connectivity index (χ2n) is 5.33. The van der Waals surface area contributed by atoms with E-state index in [2.05, 4.69) is 0 Å². The Hall–Kier alpha value is -1.78. The number of carboxylic acid groups (broad SMARTS) is 1. The van der Waals surface area contributed by atoms with Crippen molar-refractivity contribution in [3.05, 3.63) is 23.5 Å². The first-order chi connectivity index (χ1) is 8.91. The maximum atomic E-state index is 12.4. The molecule has 1 fully saturated rings. The zero-order valence-corrected chi connectivity index (χ0v) is 11.6. The smallest absolute Gasteiger partial charge is 0.311 e. The van der Waals surface area contributed by atoms with Gasteiger partial charge in [0, 0.05) is 25.8 Å². The number of carboxylic acids is 1. The molecule has 0 spiro atoms. The molecule has 2 heterocycles. The number of aromatic nitrogens is 1. The van der Waals surface area contributed by atoms with Crippen LogP contribution in [0, 0.1) is 12.3 Å². The van der Waals surface area contributed by atoms with E-state index in [9.17, 15) is 14.7 Å². The van der Waals surface area contributed by atoms with E-state index in [1.807, 2.05) is 31.5 Å². The number of hydrogen-bond acceptors (Lipinski definition) is 2. The van der Waals surface area contributed by atoms with Crippen LogP contribution in [0.15, 0.2) is 12.1 Å². The van der Waals surface area contributed by atoms with Crippen LogP contribution in [0.3, 0.4) is 0 Å². The fourth-order valence-electron chi connectivity index (χ4n) is 2.65. The largest absolute Gasteiger partial charge is 0.481 e. The van der Waals surface area contributed by atoms with Crippen molar-refractivity contribution in [1.82, 2.24) is 9.47 Å². The van der Waals surface area contributed by atoms with Crippen molar-refractivity contribution in [1.29, 1.82) is 0 Å². The highest BCUT2D eigenvalue weighted by Gasteiger charge is 2.45. The van der Waals surface area contributed by atoms with Crippen molar-refractivity contribution in [2.24, 2.45) is 12.5 Å². The van der Waals surface area contributed by atoms with Gasteiger partial charge in [0.2, 0.25) is 0 Å². The van der Waals surface area contributed by atoms with Gasteiger partial charge in [-0.2, -0.15) is 0 Å². The van der Waals surface area contributed by atoms with Gasteiger partial charge in [-0.1, -0.05) is 6.92 Å². The van der Waals surface area contributed by atoms with Gasteiger partial charge in [-0.05, 0) is 31.9 Å². The topological polar surface area (TPSA) is 62.5 Å². The quantitative estimate of drug-likeness (QED) is 0.903. The van der Waals surface area contributed by atoms with Crippen LogP contribution in [-0.4, -0.2) is 39.5 Å². The van der Waals surface area contributed by atoms with Crippen LogP contribution in [0.25, 0.3) is 0 Å². The van der Waals surface area contributed by atoms with Crippen LogP contribution in [0.4, 0.5) is 0 Å². The first kappa shape index (κ1) is 13.6. The fourth-order valence-corrected chi connectivity index (χ4v) is 2.65. The zero-order valence-electron chi connectivity index (χ0n) is 11.6. The molecule has 1 saturated heterocycles. The normalized spacial score (nSPS) is 22.8. The molecular formula is C14H20N2O3. The summed E-state index contributed by atoms with van der Waals surface area (Å²) in [5.41, 5.74) is 0.868. The standard InChI is InChI=1S/C14H20N2O3/c1-4-14(13(18)19)7-8-16(9-14)12(17)11-6-5-10(2)15(11)3/h5-6H,4,7-9H2,1-3H3,(H,18,19). The van der Waals surface area contributed by atoms with E-state index < -0.39 is 11.4 Å². The monoisotopic (exact) mass is 264 g/mol. The molecular weight excluding hydrogens is 244 g/mol. The predicted molar refractivity (Wildman–Crippen MR) is 71.0 cm³/mol. The molecule has 0 aliphatic carbocycles. The minimum absolute atomic E-state index is 0.0767. The number of carbonyl (C=O) groups is 2. The zero-order chi connectivity index (χ0) is 14.2. The lowest BCUT2D eigenvalue weighted by Gasteiger charge is -2.23. The first-order valence-corrected chi connectivity index (χ1v) is 6.56. The molecule has 1 unspecified atom stereocenters. The van der Waals surface area contributed by atoms with Crippen LogP contribution in [0.2, 0.25) is 0 Å². The Morgan fingerprint density at radius 2 is 2.11 bits per heavy atom. The summed E-state index contributed by atoms with van der Waals surface area (Å²) in [5.74, 6) is -0.875. The SMILES string of the molecule is CCC1(C(=O)O)CCN(C(=O)c2ccc(C)n2C)C1. The van der Waals surface area contributed by atoms with Gasteiger partial charge in [-0.15, -0.1) is 0 Å². The Balaban J connectivity index is 2.19. The van der Waals surface area contributed by atoms with Crippen molar-refractivity contribution < 1.29 is 14.7 Å². The van der Waals surface area contributed by atoms with Gasteiger partial charge in [0.1, 0.15) is 5.69 Å². The van der Waals surface area contributed by atoms with Crippen molar-refractivity contribution >= 4 is 11.9 Å². The van der Waals surface area contributed by atoms with E-state index in [1.54, 1.807) is 11.0 Å². The summed E-state index contributed by atoms with van der Waals surface area (Å²) in [7, 11) is 1.85. The van der Waals surface area contributed by atoms with E-state index in [-0.39, 0.29) is 5.91 Å². The number of aryl methyl sites for hydroxylation is 1. The molecule has 0 radical (unpaired) electrons. The molecule has 0 bridgehead atoms. The molecule has 0 saturated carbocycles. The second kappa shape index (κ2) is 4.72. The van der Waals surface area contributed by atoms with E-state index >= 15 is 0 Å². The van der Waals surface area contributed by atoms with Crippen LogP contribution >= 0.6 is 0 Å². The van der Waals surface area contributed by atoms with Gasteiger partial charge in [-0.25, -0.2) is 0 Å². The van der Waals surface area contributed by atoms with Gasteiger partial charge in [0.05, 0.1) is 5.41 Å². The van der Waals surface area contributed by atoms with Gasteiger partial charge in [-0.3, -0.25) is 9.59 Å². The summed E-state index contributed by atoms with van der Waals surface area (Å²) >= 11 is 0. The third-order valence-corrected chi connectivity index (χ3v) is 4.36. The lowest BCUT2D eigenvalue weighted by molar-refractivity contribution is -0.148.